The van der Waals surface area contributed by atoms with Gasteiger partial charge in [0, 0.05) is 0 Å². The van der Waals surface area contributed by atoms with Gasteiger partial charge in [-0.05, 0) is 37.2 Å². The first-order valence-corrected chi connectivity index (χ1v) is 11.2. The number of allylic oxidation sites excluding steroid dienone is 4. The monoisotopic (exact) mass is 324 g/mol. The first-order chi connectivity index (χ1) is 11.3. The van der Waals surface area contributed by atoms with E-state index in [1.54, 1.807) is 16.0 Å². The Balaban J connectivity index is 1.64. The molecule has 0 aromatic heterocycles. The van der Waals surface area contributed by atoms with Crippen molar-refractivity contribution in [2.75, 3.05) is 0 Å². The van der Waals surface area contributed by atoms with E-state index < -0.39 is 0 Å². The third kappa shape index (κ3) is 4.94. The second-order valence-corrected chi connectivity index (χ2v) is 9.66. The van der Waals surface area contributed by atoms with Gasteiger partial charge >= 0.3 is 0 Å². The summed E-state index contributed by atoms with van der Waals surface area (Å²) >= 11 is 0. The van der Waals surface area contributed by atoms with Crippen molar-refractivity contribution < 1.29 is 0 Å². The Bertz CT molecular complexity index is 547. The van der Waals surface area contributed by atoms with Gasteiger partial charge in [0.2, 0.25) is 0 Å². The molecule has 23 heavy (non-hydrogen) atoms. The SMILES string of the molecule is CCCCC1=C(CC2CCCCC2)CC([SiH2]c2ccccc2)=C1. The van der Waals surface area contributed by atoms with E-state index in [4.69, 9.17) is 0 Å². The van der Waals surface area contributed by atoms with Crippen molar-refractivity contribution in [3.05, 3.63) is 52.8 Å². The summed E-state index contributed by atoms with van der Waals surface area (Å²) in [6.45, 7) is 2.32. The lowest BCUT2D eigenvalue weighted by Crippen LogP contribution is -2.15. The summed E-state index contributed by atoms with van der Waals surface area (Å²) in [7, 11) is -0.240. The molecule has 0 bridgehead atoms. The topological polar surface area (TPSA) is 0 Å². The fourth-order valence-electron chi connectivity index (χ4n) is 4.32. The Morgan fingerprint density at radius 1 is 1.04 bits per heavy atom. The molecule has 1 aromatic carbocycles. The van der Waals surface area contributed by atoms with Gasteiger partial charge in [-0.2, -0.15) is 0 Å². The molecule has 0 nitrogen and oxygen atoms in total. The third-order valence-corrected chi connectivity index (χ3v) is 7.39. The summed E-state index contributed by atoms with van der Waals surface area (Å²) in [6.07, 6.45) is 16.7. The smallest absolute Gasteiger partial charge is 0.0783 e. The fraction of sp³-hybridized carbons (Fsp3) is 0.545. The zero-order valence-corrected chi connectivity index (χ0v) is 16.2. The average molecular weight is 325 g/mol. The number of hydrogen-bond acceptors (Lipinski definition) is 0. The van der Waals surface area contributed by atoms with Crippen LogP contribution in [0.3, 0.4) is 0 Å². The summed E-state index contributed by atoms with van der Waals surface area (Å²) in [5.41, 5.74) is 3.56. The van der Waals surface area contributed by atoms with Crippen molar-refractivity contribution >= 4 is 14.7 Å². The lowest BCUT2D eigenvalue weighted by Gasteiger charge is -2.23. The van der Waals surface area contributed by atoms with Gasteiger partial charge in [-0.3, -0.25) is 0 Å². The molecule has 1 heteroatoms. The fourth-order valence-corrected chi connectivity index (χ4v) is 6.13. The van der Waals surface area contributed by atoms with Gasteiger partial charge in [-0.1, -0.05) is 97.8 Å². The molecule has 0 N–H and O–H groups in total. The summed E-state index contributed by atoms with van der Waals surface area (Å²) in [6, 6.07) is 11.2. The van der Waals surface area contributed by atoms with Gasteiger partial charge in [0.15, 0.2) is 0 Å². The van der Waals surface area contributed by atoms with Crippen LogP contribution >= 0.6 is 0 Å². The Kier molecular flexibility index (Phi) is 6.33. The van der Waals surface area contributed by atoms with Crippen LogP contribution in [-0.4, -0.2) is 9.52 Å². The van der Waals surface area contributed by atoms with Crippen LogP contribution in [0.4, 0.5) is 0 Å². The molecule has 0 saturated heterocycles. The van der Waals surface area contributed by atoms with Gasteiger partial charge in [0.1, 0.15) is 0 Å². The zero-order valence-electron chi connectivity index (χ0n) is 14.8. The number of benzene rings is 1. The van der Waals surface area contributed by atoms with Crippen molar-refractivity contribution in [2.45, 2.75) is 71.1 Å². The molecule has 1 fully saturated rings. The number of hydrogen-bond donors (Lipinski definition) is 0. The molecule has 1 aromatic rings. The highest BCUT2D eigenvalue weighted by atomic mass is 28.2. The molecule has 2 aliphatic rings. The quantitative estimate of drug-likeness (QED) is 0.603. The van der Waals surface area contributed by atoms with Gasteiger partial charge in [0.25, 0.3) is 0 Å². The van der Waals surface area contributed by atoms with E-state index >= 15 is 0 Å². The molecule has 0 unspecified atom stereocenters. The van der Waals surface area contributed by atoms with Crippen LogP contribution in [0.15, 0.2) is 52.8 Å². The highest BCUT2D eigenvalue weighted by Crippen LogP contribution is 2.36. The van der Waals surface area contributed by atoms with Crippen LogP contribution in [0, 0.1) is 5.92 Å². The average Bonchev–Trinajstić information content (AvgIpc) is 2.96. The molecule has 124 valence electrons. The van der Waals surface area contributed by atoms with Gasteiger partial charge in [0.05, 0.1) is 9.52 Å². The summed E-state index contributed by atoms with van der Waals surface area (Å²) < 4.78 is 0. The van der Waals surface area contributed by atoms with Crippen molar-refractivity contribution in [3.8, 4) is 0 Å². The molecule has 0 radical (unpaired) electrons. The van der Waals surface area contributed by atoms with E-state index in [0.717, 1.165) is 5.92 Å². The van der Waals surface area contributed by atoms with E-state index in [9.17, 15) is 0 Å². The molecular formula is C22H32Si. The predicted octanol–water partition coefficient (Wildman–Crippen LogP) is 5.23. The maximum atomic E-state index is 2.62. The lowest BCUT2D eigenvalue weighted by atomic mass is 9.83. The van der Waals surface area contributed by atoms with Crippen molar-refractivity contribution in [1.82, 2.24) is 0 Å². The minimum Gasteiger partial charge on any atom is -0.0783 e. The lowest BCUT2D eigenvalue weighted by molar-refractivity contribution is 0.354. The Hall–Kier alpha value is -1.08. The maximum Gasteiger partial charge on any atom is 0.0828 e. The van der Waals surface area contributed by atoms with Crippen molar-refractivity contribution in [3.63, 3.8) is 0 Å². The molecule has 2 aliphatic carbocycles. The van der Waals surface area contributed by atoms with Crippen LogP contribution in [0.2, 0.25) is 0 Å². The van der Waals surface area contributed by atoms with Crippen molar-refractivity contribution in [1.29, 1.82) is 0 Å². The Morgan fingerprint density at radius 2 is 1.83 bits per heavy atom. The van der Waals surface area contributed by atoms with Crippen LogP contribution in [0.5, 0.6) is 0 Å². The molecule has 1 saturated carbocycles. The summed E-state index contributed by atoms with van der Waals surface area (Å²) in [4.78, 5) is 0. The van der Waals surface area contributed by atoms with E-state index in [1.165, 1.54) is 64.2 Å². The van der Waals surface area contributed by atoms with Crippen LogP contribution in [0.25, 0.3) is 0 Å². The minimum atomic E-state index is -0.240. The van der Waals surface area contributed by atoms with Crippen LogP contribution in [0.1, 0.15) is 71.1 Å². The molecule has 0 atom stereocenters. The normalized spacial score (nSPS) is 19.8. The second kappa shape index (κ2) is 8.68. The van der Waals surface area contributed by atoms with Crippen molar-refractivity contribution in [2.24, 2.45) is 5.92 Å². The maximum absolute atomic E-state index is 2.62. The van der Waals surface area contributed by atoms with Gasteiger partial charge < -0.3 is 0 Å². The van der Waals surface area contributed by atoms with Gasteiger partial charge in [-0.15, -0.1) is 0 Å². The van der Waals surface area contributed by atoms with E-state index in [0.29, 0.717) is 0 Å². The zero-order chi connectivity index (χ0) is 15.9. The molecule has 0 amide bonds. The summed E-state index contributed by atoms with van der Waals surface area (Å²) in [5.74, 6) is 0.988. The third-order valence-electron chi connectivity index (χ3n) is 5.61. The highest BCUT2D eigenvalue weighted by molar-refractivity contribution is 6.61. The molecule has 0 aliphatic heterocycles. The molecule has 0 heterocycles. The highest BCUT2D eigenvalue weighted by Gasteiger charge is 2.21. The Morgan fingerprint density at radius 3 is 2.57 bits per heavy atom. The number of unbranched alkanes of at least 4 members (excludes halogenated alkanes) is 1. The van der Waals surface area contributed by atoms with E-state index in [1.807, 2.05) is 5.57 Å². The largest absolute Gasteiger partial charge is 0.0828 e. The van der Waals surface area contributed by atoms with E-state index in [2.05, 4.69) is 43.3 Å². The standard InChI is InChI=1S/C22H32Si/c1-2-3-12-19-16-22(23-21-13-8-5-9-14-21)17-20(19)15-18-10-6-4-7-11-18/h5,8-9,13-14,16,18H,2-4,6-7,10-12,15,17,23H2,1H3. The van der Waals surface area contributed by atoms with E-state index in [-0.39, 0.29) is 9.52 Å². The summed E-state index contributed by atoms with van der Waals surface area (Å²) in [5, 5.41) is 3.39. The Labute approximate surface area is 144 Å². The van der Waals surface area contributed by atoms with Crippen LogP contribution in [-0.2, 0) is 0 Å². The second-order valence-electron chi connectivity index (χ2n) is 7.58. The molecule has 3 rings (SSSR count). The first kappa shape index (κ1) is 16.8. The van der Waals surface area contributed by atoms with Gasteiger partial charge in [-0.25, -0.2) is 0 Å². The predicted molar refractivity (Wildman–Crippen MR) is 105 cm³/mol. The number of rotatable bonds is 7. The molecular weight excluding hydrogens is 292 g/mol. The van der Waals surface area contributed by atoms with Crippen LogP contribution < -0.4 is 5.19 Å². The molecule has 0 spiro atoms. The first-order valence-electron chi connectivity index (χ1n) is 9.79. The minimum absolute atomic E-state index is 0.240.